The fourth-order valence-corrected chi connectivity index (χ4v) is 4.92. The van der Waals surface area contributed by atoms with Gasteiger partial charge in [0.25, 0.3) is 5.91 Å². The van der Waals surface area contributed by atoms with E-state index in [0.717, 1.165) is 25.7 Å². The molecule has 0 aromatic heterocycles. The van der Waals surface area contributed by atoms with Crippen molar-refractivity contribution in [1.82, 2.24) is 10.2 Å². The summed E-state index contributed by atoms with van der Waals surface area (Å²) < 4.78 is 12.2. The number of benzene rings is 1. The Labute approximate surface area is 189 Å². The lowest BCUT2D eigenvalue weighted by Crippen LogP contribution is -2.54. The summed E-state index contributed by atoms with van der Waals surface area (Å²) in [7, 11) is 1.78. The Morgan fingerprint density at radius 2 is 1.91 bits per heavy atom. The molecule has 8 nitrogen and oxygen atoms in total. The molecule has 1 saturated heterocycles. The van der Waals surface area contributed by atoms with E-state index in [2.05, 4.69) is 10.6 Å². The molecule has 0 unspecified atom stereocenters. The van der Waals surface area contributed by atoms with E-state index in [4.69, 9.17) is 9.47 Å². The standard InChI is InChI=1S/C24H33N3O5/c1-3-22(28)26-16-8-11-20-18(12-16)24(30)27(2)19-10-9-17(32-21(19)14-31-20)13-23(29)25-15-6-4-5-7-15/h8,11-12,15,17,19,21H,3-7,9-10,13-14H2,1-2H3,(H,25,29)(H,26,28)/t17-,19+,21+/m1/s1. The maximum Gasteiger partial charge on any atom is 0.257 e. The highest BCUT2D eigenvalue weighted by molar-refractivity contribution is 5.99. The van der Waals surface area contributed by atoms with Crippen molar-refractivity contribution in [1.29, 1.82) is 0 Å². The Hall–Kier alpha value is -2.61. The topological polar surface area (TPSA) is 97.0 Å². The lowest BCUT2D eigenvalue weighted by molar-refractivity contribution is -0.134. The van der Waals surface area contributed by atoms with Gasteiger partial charge in [0, 0.05) is 25.2 Å². The lowest BCUT2D eigenvalue weighted by Gasteiger charge is -2.42. The van der Waals surface area contributed by atoms with Crippen molar-refractivity contribution in [2.45, 2.75) is 82.6 Å². The molecular weight excluding hydrogens is 410 g/mol. The lowest BCUT2D eigenvalue weighted by atomic mass is 9.94. The molecule has 1 aromatic rings. The molecule has 2 heterocycles. The summed E-state index contributed by atoms with van der Waals surface area (Å²) in [4.78, 5) is 39.1. The average molecular weight is 444 g/mol. The smallest absolute Gasteiger partial charge is 0.257 e. The maximum atomic E-state index is 13.2. The zero-order chi connectivity index (χ0) is 22.7. The zero-order valence-electron chi connectivity index (χ0n) is 18.9. The van der Waals surface area contributed by atoms with Crippen molar-refractivity contribution in [3.8, 4) is 5.75 Å². The first-order chi connectivity index (χ1) is 15.4. The highest BCUT2D eigenvalue weighted by atomic mass is 16.5. The second kappa shape index (κ2) is 9.90. The first kappa shape index (κ1) is 22.6. The van der Waals surface area contributed by atoms with E-state index < -0.39 is 0 Å². The summed E-state index contributed by atoms with van der Waals surface area (Å²) in [6.07, 6.45) is 6.19. The number of anilines is 1. The largest absolute Gasteiger partial charge is 0.490 e. The zero-order valence-corrected chi connectivity index (χ0v) is 18.9. The van der Waals surface area contributed by atoms with Crippen LogP contribution in [0.4, 0.5) is 5.69 Å². The first-order valence-corrected chi connectivity index (χ1v) is 11.7. The number of carbonyl (C=O) groups is 3. The molecule has 8 heteroatoms. The number of rotatable bonds is 5. The van der Waals surface area contributed by atoms with Gasteiger partial charge in [0.05, 0.1) is 24.1 Å². The molecule has 1 aliphatic carbocycles. The van der Waals surface area contributed by atoms with Crippen LogP contribution in [0.25, 0.3) is 0 Å². The molecule has 1 aromatic carbocycles. The second-order valence-electron chi connectivity index (χ2n) is 9.03. The number of nitrogens with zero attached hydrogens (tertiary/aromatic N) is 1. The van der Waals surface area contributed by atoms with Gasteiger partial charge in [-0.1, -0.05) is 19.8 Å². The summed E-state index contributed by atoms with van der Waals surface area (Å²) in [6, 6.07) is 5.29. The summed E-state index contributed by atoms with van der Waals surface area (Å²) in [5, 5.41) is 5.92. The van der Waals surface area contributed by atoms with E-state index in [1.165, 1.54) is 12.8 Å². The fourth-order valence-electron chi connectivity index (χ4n) is 4.92. The van der Waals surface area contributed by atoms with Gasteiger partial charge in [-0.25, -0.2) is 0 Å². The van der Waals surface area contributed by atoms with E-state index in [-0.39, 0.29) is 36.0 Å². The Morgan fingerprint density at radius 3 is 2.66 bits per heavy atom. The summed E-state index contributed by atoms with van der Waals surface area (Å²) in [5.41, 5.74) is 1.00. The number of hydrogen-bond acceptors (Lipinski definition) is 5. The molecule has 174 valence electrons. The van der Waals surface area contributed by atoms with E-state index in [1.54, 1.807) is 37.1 Å². The maximum absolute atomic E-state index is 13.2. The molecule has 0 spiro atoms. The number of ether oxygens (including phenoxy) is 2. The number of fused-ring (bicyclic) bond motifs is 2. The van der Waals surface area contributed by atoms with Gasteiger partial charge in [0.2, 0.25) is 11.8 Å². The fraction of sp³-hybridized carbons (Fsp3) is 0.625. The summed E-state index contributed by atoms with van der Waals surface area (Å²) in [6.45, 7) is 2.08. The number of carbonyl (C=O) groups excluding carboxylic acids is 3. The third kappa shape index (κ3) is 5.06. The quantitative estimate of drug-likeness (QED) is 0.729. The van der Waals surface area contributed by atoms with Crippen LogP contribution in [0.5, 0.6) is 5.75 Å². The van der Waals surface area contributed by atoms with Gasteiger partial charge in [-0.2, -0.15) is 0 Å². The van der Waals surface area contributed by atoms with Crippen LogP contribution in [0.2, 0.25) is 0 Å². The Bertz CT molecular complexity index is 867. The molecule has 32 heavy (non-hydrogen) atoms. The molecule has 1 saturated carbocycles. The van der Waals surface area contributed by atoms with Crippen LogP contribution in [0.3, 0.4) is 0 Å². The van der Waals surface area contributed by atoms with Crippen LogP contribution < -0.4 is 15.4 Å². The summed E-state index contributed by atoms with van der Waals surface area (Å²) in [5.74, 6) is 0.243. The number of hydrogen-bond donors (Lipinski definition) is 2. The van der Waals surface area contributed by atoms with Crippen molar-refractivity contribution in [3.05, 3.63) is 23.8 Å². The number of likely N-dealkylation sites (N-methyl/N-ethyl adjacent to an activating group) is 1. The van der Waals surface area contributed by atoms with Crippen LogP contribution in [-0.4, -0.2) is 60.6 Å². The van der Waals surface area contributed by atoms with E-state index in [1.807, 2.05) is 0 Å². The SMILES string of the molecule is CCC(=O)Nc1ccc2c(c1)C(=O)N(C)[C@H]1CC[C@H](CC(=O)NC3CCCC3)O[C@H]1CO2. The molecule has 3 aliphatic rings. The first-order valence-electron chi connectivity index (χ1n) is 11.7. The van der Waals surface area contributed by atoms with Crippen molar-refractivity contribution < 1.29 is 23.9 Å². The molecule has 4 rings (SSSR count). The van der Waals surface area contributed by atoms with E-state index >= 15 is 0 Å². The molecule has 2 N–H and O–H groups in total. The third-order valence-electron chi connectivity index (χ3n) is 6.75. The van der Waals surface area contributed by atoms with Crippen LogP contribution in [-0.2, 0) is 14.3 Å². The van der Waals surface area contributed by atoms with Crippen LogP contribution >= 0.6 is 0 Å². The second-order valence-corrected chi connectivity index (χ2v) is 9.03. The molecular formula is C24H33N3O5. The van der Waals surface area contributed by atoms with Gasteiger partial charge in [-0.15, -0.1) is 0 Å². The Kier molecular flexibility index (Phi) is 6.98. The van der Waals surface area contributed by atoms with Gasteiger partial charge in [0.1, 0.15) is 18.5 Å². The van der Waals surface area contributed by atoms with Crippen LogP contribution in [0.1, 0.15) is 68.6 Å². The molecule has 2 aliphatic heterocycles. The van der Waals surface area contributed by atoms with Gasteiger partial charge < -0.3 is 25.0 Å². The predicted molar refractivity (Wildman–Crippen MR) is 120 cm³/mol. The minimum absolute atomic E-state index is 0.0449. The predicted octanol–water partition coefficient (Wildman–Crippen LogP) is 2.86. The molecule has 0 radical (unpaired) electrons. The van der Waals surface area contributed by atoms with Gasteiger partial charge in [0.15, 0.2) is 0 Å². The summed E-state index contributed by atoms with van der Waals surface area (Å²) >= 11 is 0. The monoisotopic (exact) mass is 443 g/mol. The highest BCUT2D eigenvalue weighted by Gasteiger charge is 2.39. The average Bonchev–Trinajstić information content (AvgIpc) is 3.29. The normalized spacial score (nSPS) is 25.8. The Balaban J connectivity index is 1.42. The van der Waals surface area contributed by atoms with Crippen LogP contribution in [0, 0.1) is 0 Å². The minimum atomic E-state index is -0.297. The Morgan fingerprint density at radius 1 is 1.12 bits per heavy atom. The molecule has 3 amide bonds. The molecule has 2 fully saturated rings. The van der Waals surface area contributed by atoms with Gasteiger partial charge in [-0.3, -0.25) is 14.4 Å². The molecule has 3 atom stereocenters. The number of amides is 3. The highest BCUT2D eigenvalue weighted by Crippen LogP contribution is 2.32. The van der Waals surface area contributed by atoms with E-state index in [9.17, 15) is 14.4 Å². The minimum Gasteiger partial charge on any atom is -0.490 e. The van der Waals surface area contributed by atoms with E-state index in [0.29, 0.717) is 42.5 Å². The van der Waals surface area contributed by atoms with Crippen molar-refractivity contribution in [2.24, 2.45) is 0 Å². The van der Waals surface area contributed by atoms with Gasteiger partial charge >= 0.3 is 0 Å². The third-order valence-corrected chi connectivity index (χ3v) is 6.75. The van der Waals surface area contributed by atoms with Crippen molar-refractivity contribution in [3.63, 3.8) is 0 Å². The van der Waals surface area contributed by atoms with Crippen LogP contribution in [0.15, 0.2) is 18.2 Å². The van der Waals surface area contributed by atoms with Crippen molar-refractivity contribution in [2.75, 3.05) is 19.0 Å². The van der Waals surface area contributed by atoms with Crippen molar-refractivity contribution >= 4 is 23.4 Å². The number of nitrogens with one attached hydrogen (secondary N) is 2. The molecule has 0 bridgehead atoms. The van der Waals surface area contributed by atoms with Gasteiger partial charge in [-0.05, 0) is 43.9 Å².